The minimum absolute atomic E-state index is 0.567. The summed E-state index contributed by atoms with van der Waals surface area (Å²) in [6, 6.07) is 5.84. The molecular formula is C17H19IN2O3. The van der Waals surface area contributed by atoms with Crippen LogP contribution in [0.25, 0.3) is 14.7 Å². The third-order valence-electron chi connectivity index (χ3n) is 3.41. The second kappa shape index (κ2) is 7.54. The lowest BCUT2D eigenvalue weighted by molar-refractivity contribution is 0.324. The zero-order valence-electron chi connectivity index (χ0n) is 13.6. The molecule has 0 bridgehead atoms. The zero-order chi connectivity index (χ0) is 17.0. The van der Waals surface area contributed by atoms with Crippen LogP contribution < -0.4 is 19.5 Å². The van der Waals surface area contributed by atoms with E-state index in [0.717, 1.165) is 26.1 Å². The summed E-state index contributed by atoms with van der Waals surface area (Å²) in [5.74, 6) is 2.57. The van der Waals surface area contributed by atoms with Crippen LogP contribution in [0.5, 0.6) is 17.2 Å². The molecular weight excluding hydrogens is 407 g/mol. The number of hydrogen-bond donors (Lipinski definition) is 1. The van der Waals surface area contributed by atoms with Crippen LogP contribution in [0.3, 0.4) is 0 Å². The van der Waals surface area contributed by atoms with E-state index >= 15 is 0 Å². The normalized spacial score (nSPS) is 10.1. The highest BCUT2D eigenvalue weighted by Gasteiger charge is 2.15. The van der Waals surface area contributed by atoms with Crippen LogP contribution in [-0.4, -0.2) is 33.4 Å². The highest BCUT2D eigenvalue weighted by Crippen LogP contribution is 2.41. The van der Waals surface area contributed by atoms with E-state index in [4.69, 9.17) is 14.2 Å². The summed E-state index contributed by atoms with van der Waals surface area (Å²) in [6.45, 7) is 4.00. The number of anilines is 1. The largest absolute Gasteiger partial charge is 0.493 e. The van der Waals surface area contributed by atoms with E-state index in [9.17, 15) is 0 Å². The molecule has 0 unspecified atom stereocenters. The quantitative estimate of drug-likeness (QED) is 0.702. The number of aromatic nitrogens is 1. The standard InChI is InChI=1S/C17H19IN2O3/c1-10(18)13-6-12(9-20-17(13)19-2)11-7-14(21-3)16(23-5)15(8-11)22-4/h6-9H,1H2,2-5H3,(H,19,20). The number of methoxy groups -OCH3 is 3. The predicted octanol–water partition coefficient (Wildman–Crippen LogP) is 4.22. The van der Waals surface area contributed by atoms with Crippen molar-refractivity contribution < 1.29 is 14.2 Å². The minimum atomic E-state index is 0.567. The second-order valence-corrected chi connectivity index (χ2v) is 5.99. The third-order valence-corrected chi connectivity index (χ3v) is 4.00. The molecule has 0 fully saturated rings. The van der Waals surface area contributed by atoms with Crippen LogP contribution in [0, 0.1) is 0 Å². The molecule has 23 heavy (non-hydrogen) atoms. The Hall–Kier alpha value is -1.96. The summed E-state index contributed by atoms with van der Waals surface area (Å²) in [5, 5.41) is 3.07. The van der Waals surface area contributed by atoms with Crippen molar-refractivity contribution in [3.63, 3.8) is 0 Å². The molecule has 0 aliphatic heterocycles. The summed E-state index contributed by atoms with van der Waals surface area (Å²) >= 11 is 2.19. The van der Waals surface area contributed by atoms with Crippen molar-refractivity contribution in [2.75, 3.05) is 33.7 Å². The molecule has 1 heterocycles. The molecule has 0 saturated carbocycles. The van der Waals surface area contributed by atoms with Crippen LogP contribution >= 0.6 is 22.6 Å². The van der Waals surface area contributed by atoms with E-state index < -0.39 is 0 Å². The van der Waals surface area contributed by atoms with Crippen molar-refractivity contribution in [2.24, 2.45) is 0 Å². The Kier molecular flexibility index (Phi) is 5.70. The molecule has 0 aliphatic carbocycles. The summed E-state index contributed by atoms with van der Waals surface area (Å²) in [6.07, 6.45) is 1.80. The molecule has 2 rings (SSSR count). The van der Waals surface area contributed by atoms with Gasteiger partial charge in [-0.25, -0.2) is 4.98 Å². The Balaban J connectivity index is 2.62. The summed E-state index contributed by atoms with van der Waals surface area (Å²) in [7, 11) is 6.62. The van der Waals surface area contributed by atoms with Crippen LogP contribution in [0.15, 0.2) is 31.0 Å². The van der Waals surface area contributed by atoms with Gasteiger partial charge < -0.3 is 19.5 Å². The maximum absolute atomic E-state index is 5.41. The van der Waals surface area contributed by atoms with E-state index in [1.807, 2.05) is 25.2 Å². The Labute approximate surface area is 149 Å². The van der Waals surface area contributed by atoms with E-state index in [-0.39, 0.29) is 0 Å². The maximum atomic E-state index is 5.41. The fraction of sp³-hybridized carbons (Fsp3) is 0.235. The number of ether oxygens (including phenoxy) is 3. The van der Waals surface area contributed by atoms with Gasteiger partial charge in [-0.2, -0.15) is 0 Å². The molecule has 0 radical (unpaired) electrons. The van der Waals surface area contributed by atoms with Gasteiger partial charge in [-0.05, 0) is 46.4 Å². The van der Waals surface area contributed by atoms with Crippen LogP contribution in [-0.2, 0) is 0 Å². The average molecular weight is 426 g/mol. The smallest absolute Gasteiger partial charge is 0.203 e. The van der Waals surface area contributed by atoms with E-state index in [1.54, 1.807) is 27.5 Å². The number of pyridine rings is 1. The van der Waals surface area contributed by atoms with Crippen molar-refractivity contribution in [3.05, 3.63) is 36.5 Å². The van der Waals surface area contributed by atoms with Crippen LogP contribution in [0.1, 0.15) is 5.56 Å². The molecule has 1 N–H and O–H groups in total. The van der Waals surface area contributed by atoms with Crippen LogP contribution in [0.2, 0.25) is 0 Å². The van der Waals surface area contributed by atoms with E-state index in [1.165, 1.54) is 0 Å². The maximum Gasteiger partial charge on any atom is 0.203 e. The molecule has 0 saturated heterocycles. The molecule has 0 amide bonds. The summed E-state index contributed by atoms with van der Waals surface area (Å²) in [4.78, 5) is 4.46. The highest BCUT2D eigenvalue weighted by molar-refractivity contribution is 14.1. The lowest BCUT2D eigenvalue weighted by atomic mass is 10.0. The first-order chi connectivity index (χ1) is 11.0. The van der Waals surface area contributed by atoms with Crippen LogP contribution in [0.4, 0.5) is 5.82 Å². The summed E-state index contributed by atoms with van der Waals surface area (Å²) < 4.78 is 17.1. The molecule has 2 aromatic rings. The molecule has 0 atom stereocenters. The monoisotopic (exact) mass is 426 g/mol. The Morgan fingerprint density at radius 2 is 1.65 bits per heavy atom. The first-order valence-corrected chi connectivity index (χ1v) is 7.96. The van der Waals surface area contributed by atoms with Crippen molar-refractivity contribution in [3.8, 4) is 28.4 Å². The lowest BCUT2D eigenvalue weighted by Crippen LogP contribution is -1.98. The third kappa shape index (κ3) is 3.52. The first-order valence-electron chi connectivity index (χ1n) is 6.88. The molecule has 0 spiro atoms. The zero-order valence-corrected chi connectivity index (χ0v) is 15.7. The molecule has 1 aromatic carbocycles. The minimum Gasteiger partial charge on any atom is -0.493 e. The molecule has 122 valence electrons. The summed E-state index contributed by atoms with van der Waals surface area (Å²) in [5.41, 5.74) is 2.82. The van der Waals surface area contributed by atoms with Gasteiger partial charge in [0.05, 0.1) is 21.3 Å². The van der Waals surface area contributed by atoms with E-state index in [0.29, 0.717) is 17.2 Å². The topological polar surface area (TPSA) is 52.6 Å². The Morgan fingerprint density at radius 1 is 1.04 bits per heavy atom. The lowest BCUT2D eigenvalue weighted by Gasteiger charge is -2.15. The van der Waals surface area contributed by atoms with Gasteiger partial charge >= 0.3 is 0 Å². The van der Waals surface area contributed by atoms with Gasteiger partial charge in [0.2, 0.25) is 5.75 Å². The SMILES string of the molecule is C=C(I)c1cc(-c2cc(OC)c(OC)c(OC)c2)cnc1NC. The molecule has 0 aliphatic rings. The molecule has 5 nitrogen and oxygen atoms in total. The predicted molar refractivity (Wildman–Crippen MR) is 102 cm³/mol. The fourth-order valence-electron chi connectivity index (χ4n) is 2.28. The van der Waals surface area contributed by atoms with Crippen molar-refractivity contribution in [1.82, 2.24) is 4.98 Å². The van der Waals surface area contributed by atoms with Crippen molar-refractivity contribution >= 4 is 32.0 Å². The second-order valence-electron chi connectivity index (χ2n) is 4.69. The van der Waals surface area contributed by atoms with Gasteiger partial charge in [-0.1, -0.05) is 6.58 Å². The number of benzene rings is 1. The van der Waals surface area contributed by atoms with Gasteiger partial charge in [0.15, 0.2) is 11.5 Å². The van der Waals surface area contributed by atoms with E-state index in [2.05, 4.69) is 39.5 Å². The first kappa shape index (κ1) is 17.4. The Morgan fingerprint density at radius 3 is 2.09 bits per heavy atom. The fourth-order valence-corrected chi connectivity index (χ4v) is 2.69. The molecule has 6 heteroatoms. The number of hydrogen-bond acceptors (Lipinski definition) is 5. The van der Waals surface area contributed by atoms with Gasteiger partial charge in [-0.3, -0.25) is 0 Å². The molecule has 1 aromatic heterocycles. The van der Waals surface area contributed by atoms with Gasteiger partial charge in [0, 0.05) is 28.0 Å². The van der Waals surface area contributed by atoms with Gasteiger partial charge in [-0.15, -0.1) is 0 Å². The number of rotatable bonds is 6. The average Bonchev–Trinajstić information content (AvgIpc) is 2.59. The highest BCUT2D eigenvalue weighted by atomic mass is 127. The van der Waals surface area contributed by atoms with Crippen molar-refractivity contribution in [2.45, 2.75) is 0 Å². The van der Waals surface area contributed by atoms with Crippen molar-refractivity contribution in [1.29, 1.82) is 0 Å². The Bertz CT molecular complexity index is 707. The van der Waals surface area contributed by atoms with Gasteiger partial charge in [0.1, 0.15) is 5.82 Å². The number of halogens is 1. The number of nitrogens with zero attached hydrogens (tertiary/aromatic N) is 1. The van der Waals surface area contributed by atoms with Gasteiger partial charge in [0.25, 0.3) is 0 Å². The number of nitrogens with one attached hydrogen (secondary N) is 1.